The van der Waals surface area contributed by atoms with Crippen LogP contribution in [0.15, 0.2) is 12.2 Å². The lowest BCUT2D eigenvalue weighted by molar-refractivity contribution is -0.931. The highest BCUT2D eigenvalue weighted by atomic mass is 16.4. The largest absolute Gasteiger partial charge is 0.481 e. The van der Waals surface area contributed by atoms with Crippen LogP contribution in [0.2, 0.25) is 0 Å². The summed E-state index contributed by atoms with van der Waals surface area (Å²) in [6.45, 7) is 10.1. The third kappa shape index (κ3) is 9.96. The maximum atomic E-state index is 10.8. The van der Waals surface area contributed by atoms with Gasteiger partial charge in [-0.2, -0.15) is 0 Å². The lowest BCUT2D eigenvalue weighted by atomic mass is 10.1. The second-order valence-corrected chi connectivity index (χ2v) is 6.34. The highest BCUT2D eigenvalue weighted by Crippen LogP contribution is 2.15. The zero-order valence-corrected chi connectivity index (χ0v) is 14.8. The van der Waals surface area contributed by atoms with Gasteiger partial charge in [0, 0.05) is 6.42 Å². The number of quaternary nitrogens is 1. The van der Waals surface area contributed by atoms with Gasteiger partial charge in [-0.05, 0) is 25.7 Å². The van der Waals surface area contributed by atoms with Crippen LogP contribution in [-0.4, -0.2) is 52.9 Å². The first-order chi connectivity index (χ1) is 10.5. The highest BCUT2D eigenvalue weighted by Gasteiger charge is 2.28. The van der Waals surface area contributed by atoms with Gasteiger partial charge in [0.2, 0.25) is 0 Å². The number of hydrogen-bond acceptors (Lipinski definition) is 2. The van der Waals surface area contributed by atoms with Gasteiger partial charge in [-0.25, -0.2) is 0 Å². The molecule has 0 fully saturated rings. The Morgan fingerprint density at radius 3 is 2.18 bits per heavy atom. The molecule has 0 radical (unpaired) electrons. The molecular formula is C18H36NO3+. The van der Waals surface area contributed by atoms with Crippen LogP contribution >= 0.6 is 0 Å². The molecule has 1 atom stereocenters. The van der Waals surface area contributed by atoms with Crippen LogP contribution in [0.25, 0.3) is 0 Å². The summed E-state index contributed by atoms with van der Waals surface area (Å²) in [6.07, 6.45) is 9.82. The first-order valence-electron chi connectivity index (χ1n) is 8.89. The molecule has 0 saturated heterocycles. The summed E-state index contributed by atoms with van der Waals surface area (Å²) in [5, 5.41) is 19.2. The van der Waals surface area contributed by atoms with Crippen molar-refractivity contribution in [3.05, 3.63) is 12.2 Å². The molecule has 4 heteroatoms. The van der Waals surface area contributed by atoms with Crippen molar-refractivity contribution in [2.24, 2.45) is 0 Å². The SMILES string of the molecule is CCC/C=C/CC(O)C[N+](CCC)(CCC)CCCC(=O)O. The summed E-state index contributed by atoms with van der Waals surface area (Å²) in [5.74, 6) is -0.728. The second kappa shape index (κ2) is 12.7. The van der Waals surface area contributed by atoms with E-state index in [1.165, 1.54) is 0 Å². The number of carboxylic acid groups (broad SMARTS) is 1. The summed E-state index contributed by atoms with van der Waals surface area (Å²) in [4.78, 5) is 10.8. The maximum absolute atomic E-state index is 10.8. The van der Waals surface area contributed by atoms with Gasteiger partial charge in [-0.3, -0.25) is 4.79 Å². The molecule has 0 aromatic heterocycles. The van der Waals surface area contributed by atoms with Crippen LogP contribution < -0.4 is 0 Å². The molecular weight excluding hydrogens is 278 g/mol. The molecule has 130 valence electrons. The maximum Gasteiger partial charge on any atom is 0.303 e. The predicted molar refractivity (Wildman–Crippen MR) is 91.9 cm³/mol. The van der Waals surface area contributed by atoms with Gasteiger partial charge in [0.25, 0.3) is 0 Å². The molecule has 0 aliphatic heterocycles. The second-order valence-electron chi connectivity index (χ2n) is 6.34. The molecule has 0 spiro atoms. The van der Waals surface area contributed by atoms with Gasteiger partial charge < -0.3 is 14.7 Å². The van der Waals surface area contributed by atoms with Gasteiger partial charge >= 0.3 is 5.97 Å². The zero-order chi connectivity index (χ0) is 16.8. The van der Waals surface area contributed by atoms with Crippen molar-refractivity contribution in [3.63, 3.8) is 0 Å². The zero-order valence-electron chi connectivity index (χ0n) is 14.8. The lowest BCUT2D eigenvalue weighted by Gasteiger charge is -2.40. The minimum atomic E-state index is -0.728. The summed E-state index contributed by atoms with van der Waals surface area (Å²) >= 11 is 0. The van der Waals surface area contributed by atoms with Crippen LogP contribution in [0.3, 0.4) is 0 Å². The monoisotopic (exact) mass is 314 g/mol. The van der Waals surface area contributed by atoms with Crippen molar-refractivity contribution in [1.29, 1.82) is 0 Å². The van der Waals surface area contributed by atoms with Crippen molar-refractivity contribution in [1.82, 2.24) is 0 Å². The van der Waals surface area contributed by atoms with Crippen LogP contribution in [0, 0.1) is 0 Å². The minimum Gasteiger partial charge on any atom is -0.481 e. The molecule has 4 nitrogen and oxygen atoms in total. The number of allylic oxidation sites excluding steroid dienone is 1. The lowest BCUT2D eigenvalue weighted by Crippen LogP contribution is -2.53. The molecule has 0 aliphatic carbocycles. The van der Waals surface area contributed by atoms with Gasteiger partial charge in [-0.15, -0.1) is 0 Å². The van der Waals surface area contributed by atoms with Crippen LogP contribution in [0.4, 0.5) is 0 Å². The van der Waals surface area contributed by atoms with E-state index in [1.54, 1.807) is 0 Å². The Balaban J connectivity index is 4.62. The molecule has 2 N–H and O–H groups in total. The van der Waals surface area contributed by atoms with E-state index in [0.29, 0.717) is 12.8 Å². The van der Waals surface area contributed by atoms with Crippen LogP contribution in [-0.2, 0) is 4.79 Å². The van der Waals surface area contributed by atoms with E-state index in [9.17, 15) is 9.90 Å². The van der Waals surface area contributed by atoms with Gasteiger partial charge in [-0.1, -0.05) is 39.3 Å². The van der Waals surface area contributed by atoms with E-state index >= 15 is 0 Å². The Morgan fingerprint density at radius 1 is 1.05 bits per heavy atom. The topological polar surface area (TPSA) is 57.5 Å². The molecule has 0 rings (SSSR count). The Hall–Kier alpha value is -0.870. The number of hydrogen-bond donors (Lipinski definition) is 2. The molecule has 1 unspecified atom stereocenters. The third-order valence-corrected chi connectivity index (χ3v) is 4.05. The summed E-state index contributed by atoms with van der Waals surface area (Å²) < 4.78 is 0.850. The molecule has 22 heavy (non-hydrogen) atoms. The molecule has 0 bridgehead atoms. The molecule has 0 aromatic rings. The average molecular weight is 314 g/mol. The Kier molecular flexibility index (Phi) is 12.2. The smallest absolute Gasteiger partial charge is 0.303 e. The fourth-order valence-electron chi connectivity index (χ4n) is 3.18. The Bertz CT molecular complexity index is 309. The van der Waals surface area contributed by atoms with E-state index < -0.39 is 5.97 Å². The normalized spacial score (nSPS) is 13.6. The van der Waals surface area contributed by atoms with Crippen molar-refractivity contribution >= 4 is 5.97 Å². The Morgan fingerprint density at radius 2 is 1.68 bits per heavy atom. The fourth-order valence-corrected chi connectivity index (χ4v) is 3.18. The van der Waals surface area contributed by atoms with Crippen molar-refractivity contribution < 1.29 is 19.5 Å². The predicted octanol–water partition coefficient (Wildman–Crippen LogP) is 3.60. The summed E-state index contributed by atoms with van der Waals surface area (Å²) in [6, 6.07) is 0. The van der Waals surface area contributed by atoms with E-state index in [4.69, 9.17) is 5.11 Å². The van der Waals surface area contributed by atoms with Crippen molar-refractivity contribution in [3.8, 4) is 0 Å². The first kappa shape index (κ1) is 21.1. The quantitative estimate of drug-likeness (QED) is 0.380. The molecule has 0 aromatic carbocycles. The number of rotatable bonds is 14. The van der Waals surface area contributed by atoms with Crippen molar-refractivity contribution in [2.75, 3.05) is 26.2 Å². The first-order valence-corrected chi connectivity index (χ1v) is 8.89. The van der Waals surface area contributed by atoms with E-state index in [2.05, 4.69) is 32.9 Å². The number of carboxylic acids is 1. The molecule has 0 amide bonds. The molecule has 0 aliphatic rings. The van der Waals surface area contributed by atoms with Crippen molar-refractivity contribution in [2.45, 2.75) is 71.8 Å². The number of unbranched alkanes of at least 4 members (excludes halogenated alkanes) is 1. The Labute approximate surface area is 136 Å². The fraction of sp³-hybridized carbons (Fsp3) is 0.833. The highest BCUT2D eigenvalue weighted by molar-refractivity contribution is 5.66. The molecule has 0 heterocycles. The number of aliphatic hydroxyl groups excluding tert-OH is 1. The number of aliphatic hydroxyl groups is 1. The van der Waals surface area contributed by atoms with E-state index in [0.717, 1.165) is 56.3 Å². The number of aliphatic carboxylic acids is 1. The standard InChI is InChI=1S/C18H35NO3/c1-4-7-8-9-11-17(20)16-19(13-5-2,14-6-3)15-10-12-18(21)22/h8-9,17,20H,4-7,10-16H2,1-3H3/p+1/b9-8+. The average Bonchev–Trinajstić information content (AvgIpc) is 2.44. The summed E-state index contributed by atoms with van der Waals surface area (Å²) in [7, 11) is 0. The van der Waals surface area contributed by atoms with E-state index in [-0.39, 0.29) is 12.5 Å². The minimum absolute atomic E-state index is 0.222. The van der Waals surface area contributed by atoms with Gasteiger partial charge in [0.15, 0.2) is 0 Å². The number of carbonyl (C=O) groups is 1. The van der Waals surface area contributed by atoms with Gasteiger partial charge in [0.1, 0.15) is 12.6 Å². The third-order valence-electron chi connectivity index (χ3n) is 4.05. The van der Waals surface area contributed by atoms with E-state index in [1.807, 2.05) is 0 Å². The van der Waals surface area contributed by atoms with Crippen LogP contribution in [0.1, 0.15) is 65.7 Å². The summed E-state index contributed by atoms with van der Waals surface area (Å²) in [5.41, 5.74) is 0. The number of nitrogens with zero attached hydrogens (tertiary/aromatic N) is 1. The van der Waals surface area contributed by atoms with Crippen LogP contribution in [0.5, 0.6) is 0 Å². The molecule has 0 saturated carbocycles. The van der Waals surface area contributed by atoms with Gasteiger partial charge in [0.05, 0.1) is 26.1 Å².